The van der Waals surface area contributed by atoms with Crippen molar-refractivity contribution in [3.63, 3.8) is 0 Å². The molecule has 18 heavy (non-hydrogen) atoms. The topological polar surface area (TPSA) is 59.4 Å². The summed E-state index contributed by atoms with van der Waals surface area (Å²) in [5.41, 5.74) is 4.62. The van der Waals surface area contributed by atoms with Crippen molar-refractivity contribution in [2.24, 2.45) is 0 Å². The predicted molar refractivity (Wildman–Crippen MR) is 68.5 cm³/mol. The lowest BCUT2D eigenvalue weighted by Gasteiger charge is -1.98. The molecule has 4 aromatic rings. The molecule has 1 N–H and O–H groups in total. The fourth-order valence-electron chi connectivity index (χ4n) is 2.02. The molecule has 2 aromatic heterocycles. The summed E-state index contributed by atoms with van der Waals surface area (Å²) >= 11 is 0. The fourth-order valence-corrected chi connectivity index (χ4v) is 2.02. The molecule has 5 nitrogen and oxygen atoms in total. The van der Waals surface area contributed by atoms with Gasteiger partial charge >= 0.3 is 0 Å². The summed E-state index contributed by atoms with van der Waals surface area (Å²) in [7, 11) is 0. The number of rotatable bonds is 1. The molecule has 0 aliphatic carbocycles. The third-order valence-electron chi connectivity index (χ3n) is 2.92. The van der Waals surface area contributed by atoms with Gasteiger partial charge in [-0.05, 0) is 30.3 Å². The molecule has 0 saturated carbocycles. The first-order valence-corrected chi connectivity index (χ1v) is 5.66. The van der Waals surface area contributed by atoms with Gasteiger partial charge in [-0.3, -0.25) is 0 Å². The van der Waals surface area contributed by atoms with Crippen LogP contribution in [0.1, 0.15) is 0 Å². The summed E-state index contributed by atoms with van der Waals surface area (Å²) in [5.74, 6) is 0. The Morgan fingerprint density at radius 3 is 2.44 bits per heavy atom. The van der Waals surface area contributed by atoms with Crippen molar-refractivity contribution in [3.05, 3.63) is 48.8 Å². The number of imidazole rings is 1. The summed E-state index contributed by atoms with van der Waals surface area (Å²) in [5, 5.41) is 8.89. The maximum absolute atomic E-state index is 4.45. The summed E-state index contributed by atoms with van der Waals surface area (Å²) in [4.78, 5) is 8.92. The van der Waals surface area contributed by atoms with E-state index in [1.54, 1.807) is 11.1 Å². The zero-order valence-corrected chi connectivity index (χ0v) is 9.41. The summed E-state index contributed by atoms with van der Waals surface area (Å²) < 4.78 is 0. The molecule has 0 aliphatic heterocycles. The first kappa shape index (κ1) is 9.35. The average Bonchev–Trinajstić information content (AvgIpc) is 3.04. The van der Waals surface area contributed by atoms with E-state index in [2.05, 4.69) is 20.2 Å². The van der Waals surface area contributed by atoms with E-state index >= 15 is 0 Å². The molecule has 2 heterocycles. The van der Waals surface area contributed by atoms with Crippen LogP contribution in [0.25, 0.3) is 27.8 Å². The van der Waals surface area contributed by atoms with Gasteiger partial charge in [0.2, 0.25) is 0 Å². The smallest absolute Gasteiger partial charge is 0.113 e. The summed E-state index contributed by atoms with van der Waals surface area (Å²) in [6, 6.07) is 13.7. The zero-order valence-electron chi connectivity index (χ0n) is 9.41. The van der Waals surface area contributed by atoms with Gasteiger partial charge in [0.1, 0.15) is 11.0 Å². The van der Waals surface area contributed by atoms with Crippen molar-refractivity contribution in [2.45, 2.75) is 0 Å². The minimum atomic E-state index is 0.891. The van der Waals surface area contributed by atoms with Gasteiger partial charge in [0.05, 0.1) is 23.0 Å². The third kappa shape index (κ3) is 1.31. The molecule has 86 valence electrons. The SMILES string of the molecule is c1ccc2nn(-c3ccc4nc[nH]c4c3)nc2c1. The van der Waals surface area contributed by atoms with Crippen molar-refractivity contribution in [1.29, 1.82) is 0 Å². The van der Waals surface area contributed by atoms with E-state index in [0.717, 1.165) is 27.8 Å². The van der Waals surface area contributed by atoms with Gasteiger partial charge in [-0.25, -0.2) is 4.98 Å². The number of nitrogens with zero attached hydrogens (tertiary/aromatic N) is 4. The van der Waals surface area contributed by atoms with Crippen LogP contribution in [0, 0.1) is 0 Å². The molecular weight excluding hydrogens is 226 g/mol. The molecule has 0 radical (unpaired) electrons. The van der Waals surface area contributed by atoms with E-state index in [1.165, 1.54) is 0 Å². The second kappa shape index (κ2) is 3.40. The average molecular weight is 235 g/mol. The summed E-state index contributed by atoms with van der Waals surface area (Å²) in [6.45, 7) is 0. The molecule has 0 aliphatic rings. The van der Waals surface area contributed by atoms with E-state index in [4.69, 9.17) is 0 Å². The van der Waals surface area contributed by atoms with E-state index in [9.17, 15) is 0 Å². The van der Waals surface area contributed by atoms with Crippen LogP contribution in [-0.2, 0) is 0 Å². The Balaban J connectivity index is 1.94. The quantitative estimate of drug-likeness (QED) is 0.550. The predicted octanol–water partition coefficient (Wildman–Crippen LogP) is 2.30. The molecule has 4 rings (SSSR count). The number of H-pyrrole nitrogens is 1. The van der Waals surface area contributed by atoms with Gasteiger partial charge in [0.25, 0.3) is 0 Å². The highest BCUT2D eigenvalue weighted by molar-refractivity contribution is 5.77. The fraction of sp³-hybridized carbons (Fsp3) is 0. The Morgan fingerprint density at radius 2 is 1.67 bits per heavy atom. The van der Waals surface area contributed by atoms with Crippen LogP contribution in [0.5, 0.6) is 0 Å². The first-order valence-electron chi connectivity index (χ1n) is 5.66. The number of nitrogens with one attached hydrogen (secondary N) is 1. The van der Waals surface area contributed by atoms with Gasteiger partial charge in [-0.1, -0.05) is 12.1 Å². The Bertz CT molecular complexity index is 809. The Kier molecular flexibility index (Phi) is 1.77. The van der Waals surface area contributed by atoms with E-state index < -0.39 is 0 Å². The van der Waals surface area contributed by atoms with Crippen molar-refractivity contribution in [3.8, 4) is 5.69 Å². The number of hydrogen-bond donors (Lipinski definition) is 1. The van der Waals surface area contributed by atoms with Crippen LogP contribution in [0.4, 0.5) is 0 Å². The molecule has 0 fully saturated rings. The van der Waals surface area contributed by atoms with Crippen LogP contribution in [-0.4, -0.2) is 25.0 Å². The minimum Gasteiger partial charge on any atom is -0.345 e. The summed E-state index contributed by atoms with van der Waals surface area (Å²) in [6.07, 6.45) is 1.68. The van der Waals surface area contributed by atoms with E-state index in [0.29, 0.717) is 0 Å². The molecule has 0 bridgehead atoms. The Hall–Kier alpha value is -2.69. The van der Waals surface area contributed by atoms with Crippen molar-refractivity contribution < 1.29 is 0 Å². The largest absolute Gasteiger partial charge is 0.345 e. The Morgan fingerprint density at radius 1 is 0.889 bits per heavy atom. The van der Waals surface area contributed by atoms with Crippen molar-refractivity contribution >= 4 is 22.1 Å². The standard InChI is InChI=1S/C13H9N5/c1-2-4-12-11(3-1)16-18(17-12)9-5-6-10-13(7-9)15-8-14-10/h1-8H,(H,14,15). The highest BCUT2D eigenvalue weighted by Crippen LogP contribution is 2.16. The van der Waals surface area contributed by atoms with Crippen LogP contribution >= 0.6 is 0 Å². The molecular formula is C13H9N5. The van der Waals surface area contributed by atoms with E-state index in [-0.39, 0.29) is 0 Å². The second-order valence-corrected chi connectivity index (χ2v) is 4.08. The molecule has 5 heteroatoms. The minimum absolute atomic E-state index is 0.891. The lowest BCUT2D eigenvalue weighted by molar-refractivity contribution is 0.766. The zero-order chi connectivity index (χ0) is 11.9. The highest BCUT2D eigenvalue weighted by atomic mass is 15.5. The molecule has 2 aromatic carbocycles. The van der Waals surface area contributed by atoms with Crippen molar-refractivity contribution in [1.82, 2.24) is 25.0 Å². The number of benzene rings is 2. The maximum atomic E-state index is 4.45. The highest BCUT2D eigenvalue weighted by Gasteiger charge is 2.05. The van der Waals surface area contributed by atoms with Crippen LogP contribution in [0.3, 0.4) is 0 Å². The first-order chi connectivity index (χ1) is 8.90. The molecule has 0 atom stereocenters. The monoisotopic (exact) mass is 235 g/mol. The lowest BCUT2D eigenvalue weighted by atomic mass is 10.3. The maximum Gasteiger partial charge on any atom is 0.113 e. The van der Waals surface area contributed by atoms with E-state index in [1.807, 2.05) is 42.5 Å². The molecule has 0 amide bonds. The second-order valence-electron chi connectivity index (χ2n) is 4.08. The number of aromatic amines is 1. The van der Waals surface area contributed by atoms with Gasteiger partial charge in [-0.15, -0.1) is 10.2 Å². The van der Waals surface area contributed by atoms with Gasteiger partial charge < -0.3 is 4.98 Å². The van der Waals surface area contributed by atoms with Crippen molar-refractivity contribution in [2.75, 3.05) is 0 Å². The van der Waals surface area contributed by atoms with Crippen LogP contribution < -0.4 is 0 Å². The van der Waals surface area contributed by atoms with Gasteiger partial charge in [0, 0.05) is 0 Å². The van der Waals surface area contributed by atoms with Crippen LogP contribution in [0.15, 0.2) is 48.8 Å². The van der Waals surface area contributed by atoms with Crippen LogP contribution in [0.2, 0.25) is 0 Å². The number of hydrogen-bond acceptors (Lipinski definition) is 3. The lowest BCUT2D eigenvalue weighted by Crippen LogP contribution is -1.97. The normalized spacial score (nSPS) is 11.3. The van der Waals surface area contributed by atoms with Gasteiger partial charge in [0.15, 0.2) is 0 Å². The third-order valence-corrected chi connectivity index (χ3v) is 2.92. The van der Waals surface area contributed by atoms with Gasteiger partial charge in [-0.2, -0.15) is 4.80 Å². The number of fused-ring (bicyclic) bond motifs is 2. The molecule has 0 saturated heterocycles. The Labute approximate surface area is 102 Å². The number of aromatic nitrogens is 5. The molecule has 0 spiro atoms. The molecule has 0 unspecified atom stereocenters.